The molecule has 0 atom stereocenters. The number of hydrogen-bond donors (Lipinski definition) is 0. The molecule has 6 heteroatoms. The van der Waals surface area contributed by atoms with Crippen LogP contribution in [0.3, 0.4) is 0 Å². The summed E-state index contributed by atoms with van der Waals surface area (Å²) in [5.74, 6) is 0. The molecular formula is C13H14N4O2. The summed E-state index contributed by atoms with van der Waals surface area (Å²) >= 11 is 0. The van der Waals surface area contributed by atoms with Gasteiger partial charge in [-0.05, 0) is 24.3 Å². The Morgan fingerprint density at radius 3 is 2.53 bits per heavy atom. The van der Waals surface area contributed by atoms with Gasteiger partial charge in [-0.1, -0.05) is 0 Å². The first-order chi connectivity index (χ1) is 9.08. The van der Waals surface area contributed by atoms with Gasteiger partial charge in [0.25, 0.3) is 5.69 Å². The van der Waals surface area contributed by atoms with Crippen molar-refractivity contribution in [2.75, 3.05) is 14.1 Å². The van der Waals surface area contributed by atoms with Crippen LogP contribution >= 0.6 is 0 Å². The lowest BCUT2D eigenvalue weighted by molar-refractivity contribution is -0.384. The van der Waals surface area contributed by atoms with Crippen LogP contribution in [0.25, 0.3) is 5.69 Å². The van der Waals surface area contributed by atoms with Crippen LogP contribution in [-0.4, -0.2) is 34.8 Å². The number of nitrogens with zero attached hydrogens (tertiary/aromatic N) is 4. The molecule has 0 N–H and O–H groups in total. The van der Waals surface area contributed by atoms with Gasteiger partial charge in [0.2, 0.25) is 0 Å². The van der Waals surface area contributed by atoms with Gasteiger partial charge < -0.3 is 9.58 Å². The van der Waals surface area contributed by atoms with Crippen molar-refractivity contribution in [2.24, 2.45) is 5.10 Å². The topological polar surface area (TPSA) is 63.7 Å². The van der Waals surface area contributed by atoms with Crippen molar-refractivity contribution in [1.82, 2.24) is 9.58 Å². The van der Waals surface area contributed by atoms with Crippen molar-refractivity contribution in [3.05, 3.63) is 58.4 Å². The molecule has 0 spiro atoms. The predicted octanol–water partition coefficient (Wildman–Crippen LogP) is 2.28. The highest BCUT2D eigenvalue weighted by Crippen LogP contribution is 2.16. The molecule has 0 fully saturated rings. The van der Waals surface area contributed by atoms with Crippen LogP contribution in [0, 0.1) is 10.1 Å². The van der Waals surface area contributed by atoms with E-state index in [1.807, 2.05) is 37.0 Å². The number of rotatable bonds is 4. The Morgan fingerprint density at radius 2 is 1.95 bits per heavy atom. The second-order valence-corrected chi connectivity index (χ2v) is 4.17. The number of nitro groups is 1. The van der Waals surface area contributed by atoms with Gasteiger partial charge in [0.15, 0.2) is 0 Å². The summed E-state index contributed by atoms with van der Waals surface area (Å²) in [7, 11) is 3.69. The molecule has 98 valence electrons. The van der Waals surface area contributed by atoms with E-state index in [1.54, 1.807) is 23.4 Å². The molecule has 0 aliphatic carbocycles. The Kier molecular flexibility index (Phi) is 3.61. The van der Waals surface area contributed by atoms with E-state index >= 15 is 0 Å². The van der Waals surface area contributed by atoms with Crippen LogP contribution in [0.2, 0.25) is 0 Å². The molecule has 2 aromatic rings. The molecule has 6 nitrogen and oxygen atoms in total. The number of hydrazone groups is 1. The van der Waals surface area contributed by atoms with E-state index in [-0.39, 0.29) is 5.69 Å². The SMILES string of the molecule is CN(C)/N=C/c1cccn1-c1ccc([N+](=O)[O-])cc1. The summed E-state index contributed by atoms with van der Waals surface area (Å²) in [5.41, 5.74) is 1.85. The third-order valence-electron chi connectivity index (χ3n) is 2.54. The lowest BCUT2D eigenvalue weighted by Gasteiger charge is -2.07. The van der Waals surface area contributed by atoms with Gasteiger partial charge in [0.05, 0.1) is 16.8 Å². The molecule has 0 radical (unpaired) electrons. The zero-order chi connectivity index (χ0) is 13.8. The predicted molar refractivity (Wildman–Crippen MR) is 73.7 cm³/mol. The van der Waals surface area contributed by atoms with Crippen molar-refractivity contribution in [3.63, 3.8) is 0 Å². The van der Waals surface area contributed by atoms with Gasteiger partial charge in [-0.25, -0.2) is 0 Å². The fourth-order valence-corrected chi connectivity index (χ4v) is 1.64. The molecule has 1 aromatic heterocycles. The highest BCUT2D eigenvalue weighted by atomic mass is 16.6. The molecule has 0 aliphatic rings. The van der Waals surface area contributed by atoms with Crippen molar-refractivity contribution >= 4 is 11.9 Å². The fourth-order valence-electron chi connectivity index (χ4n) is 1.64. The average Bonchev–Trinajstić information content (AvgIpc) is 2.84. The standard InChI is InChI=1S/C13H14N4O2/c1-15(2)14-10-13-4-3-9-16(13)11-5-7-12(8-6-11)17(18)19/h3-10H,1-2H3/b14-10+. The molecular weight excluding hydrogens is 244 g/mol. The summed E-state index contributed by atoms with van der Waals surface area (Å²) in [6.45, 7) is 0. The number of aromatic nitrogens is 1. The van der Waals surface area contributed by atoms with Crippen molar-refractivity contribution in [2.45, 2.75) is 0 Å². The summed E-state index contributed by atoms with van der Waals surface area (Å²) in [4.78, 5) is 10.2. The molecule has 0 saturated heterocycles. The maximum atomic E-state index is 10.6. The highest BCUT2D eigenvalue weighted by Gasteiger charge is 2.06. The van der Waals surface area contributed by atoms with Crippen LogP contribution in [-0.2, 0) is 0 Å². The van der Waals surface area contributed by atoms with E-state index in [4.69, 9.17) is 0 Å². The first-order valence-corrected chi connectivity index (χ1v) is 5.71. The van der Waals surface area contributed by atoms with Gasteiger partial charge in [0, 0.05) is 38.1 Å². The number of hydrogen-bond acceptors (Lipinski definition) is 4. The largest absolute Gasteiger partial charge is 0.316 e. The Balaban J connectivity index is 2.32. The minimum Gasteiger partial charge on any atom is -0.316 e. The van der Waals surface area contributed by atoms with E-state index in [0.29, 0.717) is 0 Å². The van der Waals surface area contributed by atoms with Crippen LogP contribution in [0.15, 0.2) is 47.7 Å². The molecule has 0 unspecified atom stereocenters. The Hall–Kier alpha value is -2.63. The minimum atomic E-state index is -0.409. The van der Waals surface area contributed by atoms with Crippen molar-refractivity contribution < 1.29 is 4.92 Å². The summed E-state index contributed by atoms with van der Waals surface area (Å²) in [6.07, 6.45) is 3.62. The molecule has 0 bridgehead atoms. The van der Waals surface area contributed by atoms with Gasteiger partial charge in [-0.3, -0.25) is 10.1 Å². The van der Waals surface area contributed by atoms with E-state index in [1.165, 1.54) is 12.1 Å². The van der Waals surface area contributed by atoms with Crippen LogP contribution in [0.5, 0.6) is 0 Å². The van der Waals surface area contributed by atoms with E-state index in [0.717, 1.165) is 11.4 Å². The maximum Gasteiger partial charge on any atom is 0.269 e. The average molecular weight is 258 g/mol. The maximum absolute atomic E-state index is 10.6. The Labute approximate surface area is 110 Å². The first-order valence-electron chi connectivity index (χ1n) is 5.71. The van der Waals surface area contributed by atoms with Crippen LogP contribution in [0.4, 0.5) is 5.69 Å². The molecule has 0 aliphatic heterocycles. The zero-order valence-corrected chi connectivity index (χ0v) is 10.7. The lowest BCUT2D eigenvalue weighted by atomic mass is 10.3. The van der Waals surface area contributed by atoms with Crippen molar-refractivity contribution in [1.29, 1.82) is 0 Å². The highest BCUT2D eigenvalue weighted by molar-refractivity contribution is 5.78. The lowest BCUT2D eigenvalue weighted by Crippen LogP contribution is -2.04. The quantitative estimate of drug-likeness (QED) is 0.480. The minimum absolute atomic E-state index is 0.0828. The molecule has 0 amide bonds. The molecule has 19 heavy (non-hydrogen) atoms. The smallest absolute Gasteiger partial charge is 0.269 e. The van der Waals surface area contributed by atoms with E-state index < -0.39 is 4.92 Å². The number of nitro benzene ring substituents is 1. The zero-order valence-electron chi connectivity index (χ0n) is 10.7. The van der Waals surface area contributed by atoms with E-state index in [9.17, 15) is 10.1 Å². The van der Waals surface area contributed by atoms with Crippen LogP contribution < -0.4 is 0 Å². The Bertz CT molecular complexity index is 599. The van der Waals surface area contributed by atoms with Crippen molar-refractivity contribution in [3.8, 4) is 5.69 Å². The monoisotopic (exact) mass is 258 g/mol. The van der Waals surface area contributed by atoms with Gasteiger partial charge in [-0.15, -0.1) is 0 Å². The summed E-state index contributed by atoms with van der Waals surface area (Å²) in [5, 5.41) is 16.5. The fraction of sp³-hybridized carbons (Fsp3) is 0.154. The van der Waals surface area contributed by atoms with Crippen LogP contribution in [0.1, 0.15) is 5.69 Å². The second kappa shape index (κ2) is 5.34. The third kappa shape index (κ3) is 2.98. The number of benzene rings is 1. The summed E-state index contributed by atoms with van der Waals surface area (Å²) < 4.78 is 1.91. The number of non-ortho nitro benzene ring substituents is 1. The first kappa shape index (κ1) is 12.8. The normalized spacial score (nSPS) is 10.8. The molecule has 2 rings (SSSR count). The summed E-state index contributed by atoms with van der Waals surface area (Å²) in [6, 6.07) is 10.2. The third-order valence-corrected chi connectivity index (χ3v) is 2.54. The molecule has 1 aromatic carbocycles. The van der Waals surface area contributed by atoms with E-state index in [2.05, 4.69) is 5.10 Å². The molecule has 1 heterocycles. The Morgan fingerprint density at radius 1 is 1.26 bits per heavy atom. The van der Waals surface area contributed by atoms with Gasteiger partial charge in [-0.2, -0.15) is 5.10 Å². The molecule has 0 saturated carbocycles. The van der Waals surface area contributed by atoms with Gasteiger partial charge in [0.1, 0.15) is 0 Å². The second-order valence-electron chi connectivity index (χ2n) is 4.17. The van der Waals surface area contributed by atoms with Gasteiger partial charge >= 0.3 is 0 Å².